The molecule has 1 rings (SSSR count). The van der Waals surface area contributed by atoms with Crippen molar-refractivity contribution in [3.05, 3.63) is 0 Å². The third kappa shape index (κ3) is 4.36. The molecule has 1 amide bonds. The Hall–Kier alpha value is -1.31. The van der Waals surface area contributed by atoms with E-state index in [2.05, 4.69) is 0 Å². The fourth-order valence-corrected chi connectivity index (χ4v) is 2.09. The number of carboxylic acid groups (broad SMARTS) is 1. The Morgan fingerprint density at radius 1 is 1.35 bits per heavy atom. The number of hydrogen-bond donors (Lipinski definition) is 1. The summed E-state index contributed by atoms with van der Waals surface area (Å²) in [5.41, 5.74) is 0. The molecule has 1 aliphatic rings. The Labute approximate surface area is 114 Å². The average Bonchev–Trinajstić information content (AvgIpc) is 2.79. The summed E-state index contributed by atoms with van der Waals surface area (Å²) in [5.74, 6) is -5.75. The highest BCUT2D eigenvalue weighted by atomic mass is 19.4. The van der Waals surface area contributed by atoms with Crippen molar-refractivity contribution in [3.8, 4) is 0 Å². The molecule has 0 bridgehead atoms. The van der Waals surface area contributed by atoms with E-state index >= 15 is 0 Å². The highest BCUT2D eigenvalue weighted by Crippen LogP contribution is 2.37. The third-order valence-electron chi connectivity index (χ3n) is 3.28. The minimum absolute atomic E-state index is 0.309. The van der Waals surface area contributed by atoms with E-state index < -0.39 is 43.0 Å². The van der Waals surface area contributed by atoms with Gasteiger partial charge in [0.2, 0.25) is 5.91 Å². The van der Waals surface area contributed by atoms with Crippen LogP contribution in [0.1, 0.15) is 19.8 Å². The maximum absolute atomic E-state index is 12.7. The van der Waals surface area contributed by atoms with Crippen molar-refractivity contribution in [2.75, 3.05) is 26.3 Å². The van der Waals surface area contributed by atoms with E-state index in [9.17, 15) is 22.8 Å². The average molecular weight is 297 g/mol. The fraction of sp³-hybridized carbons (Fsp3) is 0.833. The standard InChI is InChI=1S/C12H18F3NO4/c1-2-3-4-20-7-10(17)16-5-8(11(18)19)9(6-16)12(13,14)15/h8-9H,2-7H2,1H3,(H,18,19)/t8-,9-/m1/s1. The van der Waals surface area contributed by atoms with Crippen LogP contribution in [0, 0.1) is 11.8 Å². The third-order valence-corrected chi connectivity index (χ3v) is 3.28. The van der Waals surface area contributed by atoms with Crippen LogP contribution < -0.4 is 0 Å². The number of amides is 1. The van der Waals surface area contributed by atoms with Gasteiger partial charge in [0, 0.05) is 19.7 Å². The zero-order valence-corrected chi connectivity index (χ0v) is 11.2. The van der Waals surface area contributed by atoms with E-state index in [0.29, 0.717) is 6.61 Å². The van der Waals surface area contributed by atoms with Crippen LogP contribution in [0.2, 0.25) is 0 Å². The molecule has 0 aliphatic carbocycles. The first kappa shape index (κ1) is 16.7. The van der Waals surface area contributed by atoms with Crippen LogP contribution in [0.25, 0.3) is 0 Å². The van der Waals surface area contributed by atoms with Crippen LogP contribution in [0.15, 0.2) is 0 Å². The van der Waals surface area contributed by atoms with E-state index in [1.807, 2.05) is 6.92 Å². The Morgan fingerprint density at radius 3 is 2.45 bits per heavy atom. The topological polar surface area (TPSA) is 66.8 Å². The number of alkyl halides is 3. The summed E-state index contributed by atoms with van der Waals surface area (Å²) in [6.07, 6.45) is -2.98. The van der Waals surface area contributed by atoms with E-state index in [1.54, 1.807) is 0 Å². The van der Waals surface area contributed by atoms with Crippen LogP contribution in [-0.4, -0.2) is 54.4 Å². The molecule has 0 aromatic rings. The van der Waals surface area contributed by atoms with E-state index in [1.165, 1.54) is 0 Å². The van der Waals surface area contributed by atoms with Gasteiger partial charge in [-0.15, -0.1) is 0 Å². The summed E-state index contributed by atoms with van der Waals surface area (Å²) in [5, 5.41) is 8.82. The number of carboxylic acids is 1. The van der Waals surface area contributed by atoms with Gasteiger partial charge in [-0.05, 0) is 6.42 Å². The molecule has 1 N–H and O–H groups in total. The van der Waals surface area contributed by atoms with E-state index in [4.69, 9.17) is 9.84 Å². The lowest BCUT2D eigenvalue weighted by atomic mass is 9.96. The van der Waals surface area contributed by atoms with Crippen molar-refractivity contribution >= 4 is 11.9 Å². The molecule has 0 unspecified atom stereocenters. The Bertz CT molecular complexity index is 359. The summed E-state index contributed by atoms with van der Waals surface area (Å²) in [7, 11) is 0. The van der Waals surface area contributed by atoms with Gasteiger partial charge in [0.15, 0.2) is 0 Å². The van der Waals surface area contributed by atoms with Crippen LogP contribution in [0.3, 0.4) is 0 Å². The summed E-state index contributed by atoms with van der Waals surface area (Å²) in [6.45, 7) is 0.959. The smallest absolute Gasteiger partial charge is 0.394 e. The maximum Gasteiger partial charge on any atom is 0.394 e. The quantitative estimate of drug-likeness (QED) is 0.755. The molecular formula is C12H18F3NO4. The number of carbonyl (C=O) groups excluding carboxylic acids is 1. The Balaban J connectivity index is 2.57. The van der Waals surface area contributed by atoms with E-state index in [-0.39, 0.29) is 6.61 Å². The number of unbranched alkanes of at least 4 members (excludes halogenated alkanes) is 1. The normalized spacial score (nSPS) is 23.1. The second kappa shape index (κ2) is 6.92. The summed E-state index contributed by atoms with van der Waals surface area (Å²) in [6, 6.07) is 0. The van der Waals surface area contributed by atoms with Gasteiger partial charge >= 0.3 is 12.1 Å². The minimum Gasteiger partial charge on any atom is -0.481 e. The molecule has 2 atom stereocenters. The highest BCUT2D eigenvalue weighted by Gasteiger charge is 2.53. The molecule has 0 aromatic carbocycles. The molecule has 116 valence electrons. The van der Waals surface area contributed by atoms with Gasteiger partial charge in [-0.1, -0.05) is 13.3 Å². The van der Waals surface area contributed by atoms with Crippen molar-refractivity contribution in [2.24, 2.45) is 11.8 Å². The van der Waals surface area contributed by atoms with Crippen molar-refractivity contribution < 1.29 is 32.6 Å². The molecule has 0 spiro atoms. The summed E-state index contributed by atoms with van der Waals surface area (Å²) in [4.78, 5) is 23.5. The molecule has 1 aliphatic heterocycles. The van der Waals surface area contributed by atoms with Crippen molar-refractivity contribution in [2.45, 2.75) is 25.9 Å². The number of ether oxygens (including phenoxy) is 1. The molecule has 8 heteroatoms. The molecule has 0 saturated carbocycles. The first-order chi connectivity index (χ1) is 9.27. The fourth-order valence-electron chi connectivity index (χ4n) is 2.09. The number of likely N-dealkylation sites (tertiary alicyclic amines) is 1. The van der Waals surface area contributed by atoms with Crippen LogP contribution >= 0.6 is 0 Å². The molecule has 1 heterocycles. The van der Waals surface area contributed by atoms with E-state index in [0.717, 1.165) is 17.7 Å². The zero-order valence-electron chi connectivity index (χ0n) is 11.2. The van der Waals surface area contributed by atoms with Gasteiger partial charge in [0.25, 0.3) is 0 Å². The Kier molecular flexibility index (Phi) is 5.79. The van der Waals surface area contributed by atoms with Crippen LogP contribution in [0.4, 0.5) is 13.2 Å². The molecule has 5 nitrogen and oxygen atoms in total. The number of halogens is 3. The van der Waals surface area contributed by atoms with Crippen LogP contribution in [0.5, 0.6) is 0 Å². The maximum atomic E-state index is 12.7. The summed E-state index contributed by atoms with van der Waals surface area (Å²) < 4.78 is 43.2. The monoisotopic (exact) mass is 297 g/mol. The van der Waals surface area contributed by atoms with Crippen molar-refractivity contribution in [1.82, 2.24) is 4.90 Å². The van der Waals surface area contributed by atoms with Gasteiger partial charge in [-0.25, -0.2) is 0 Å². The van der Waals surface area contributed by atoms with Gasteiger partial charge in [-0.2, -0.15) is 13.2 Å². The number of rotatable bonds is 6. The lowest BCUT2D eigenvalue weighted by Gasteiger charge is -2.18. The number of carbonyl (C=O) groups is 2. The van der Waals surface area contributed by atoms with Crippen molar-refractivity contribution in [1.29, 1.82) is 0 Å². The minimum atomic E-state index is -4.62. The number of hydrogen-bond acceptors (Lipinski definition) is 3. The highest BCUT2D eigenvalue weighted by molar-refractivity contribution is 5.80. The summed E-state index contributed by atoms with van der Waals surface area (Å²) >= 11 is 0. The predicted molar refractivity (Wildman–Crippen MR) is 63.0 cm³/mol. The van der Waals surface area contributed by atoms with Gasteiger partial charge in [0.1, 0.15) is 6.61 Å². The second-order valence-electron chi connectivity index (χ2n) is 4.80. The van der Waals surface area contributed by atoms with Gasteiger partial charge in [0.05, 0.1) is 11.8 Å². The Morgan fingerprint density at radius 2 is 2.00 bits per heavy atom. The molecule has 0 radical (unpaired) electrons. The molecule has 1 fully saturated rings. The van der Waals surface area contributed by atoms with Crippen molar-refractivity contribution in [3.63, 3.8) is 0 Å². The zero-order chi connectivity index (χ0) is 15.3. The van der Waals surface area contributed by atoms with Crippen LogP contribution in [-0.2, 0) is 14.3 Å². The van der Waals surface area contributed by atoms with Gasteiger partial charge in [-0.3, -0.25) is 9.59 Å². The van der Waals surface area contributed by atoms with Gasteiger partial charge < -0.3 is 14.7 Å². The molecule has 0 aromatic heterocycles. The molecule has 1 saturated heterocycles. The predicted octanol–water partition coefficient (Wildman–Crippen LogP) is 1.52. The SMILES string of the molecule is CCCCOCC(=O)N1C[C@@H](C(F)(F)F)[C@H](C(=O)O)C1. The second-order valence-corrected chi connectivity index (χ2v) is 4.80. The molecule has 20 heavy (non-hydrogen) atoms. The molecular weight excluding hydrogens is 279 g/mol. The first-order valence-corrected chi connectivity index (χ1v) is 6.42. The lowest BCUT2D eigenvalue weighted by Crippen LogP contribution is -2.34. The number of nitrogens with zero attached hydrogens (tertiary/aromatic N) is 1. The lowest BCUT2D eigenvalue weighted by molar-refractivity contribution is -0.188. The first-order valence-electron chi connectivity index (χ1n) is 6.42. The number of aliphatic carboxylic acids is 1. The largest absolute Gasteiger partial charge is 0.481 e.